The molecule has 126 valence electrons. The van der Waals surface area contributed by atoms with Crippen molar-refractivity contribution in [1.82, 2.24) is 4.48 Å². The SMILES string of the molecule is Cc1ccc2c(c1)N=[N+](c1ccc(C#N)cc1)C[N+]2(C)c1ccccc1. The topological polar surface area (TPSA) is 39.2 Å². The number of nitrogens with zero attached hydrogens (tertiary/aromatic N) is 4. The Labute approximate surface area is 153 Å². The summed E-state index contributed by atoms with van der Waals surface area (Å²) in [6, 6.07) is 26.7. The van der Waals surface area contributed by atoms with E-state index in [9.17, 15) is 0 Å². The summed E-state index contributed by atoms with van der Waals surface area (Å²) in [7, 11) is 2.22. The van der Waals surface area contributed by atoms with E-state index < -0.39 is 0 Å². The van der Waals surface area contributed by atoms with Crippen LogP contribution in [0.15, 0.2) is 77.9 Å². The smallest absolute Gasteiger partial charge is 0.202 e. The number of benzene rings is 3. The fourth-order valence-corrected chi connectivity index (χ4v) is 3.46. The number of rotatable bonds is 2. The molecule has 4 heteroatoms. The molecular formula is C22H20N4+2. The highest BCUT2D eigenvalue weighted by molar-refractivity contribution is 5.71. The minimum absolute atomic E-state index is 0.639. The first-order chi connectivity index (χ1) is 12.6. The van der Waals surface area contributed by atoms with Gasteiger partial charge in [0.2, 0.25) is 5.69 Å². The van der Waals surface area contributed by atoms with Gasteiger partial charge in [-0.15, -0.1) is 0 Å². The second-order valence-corrected chi connectivity index (χ2v) is 6.82. The van der Waals surface area contributed by atoms with E-state index in [1.807, 2.05) is 35.0 Å². The number of aryl methyl sites for hydroxylation is 1. The first-order valence-corrected chi connectivity index (χ1v) is 8.62. The lowest BCUT2D eigenvalue weighted by atomic mass is 10.1. The Hall–Kier alpha value is -3.29. The van der Waals surface area contributed by atoms with Crippen LogP contribution in [0.3, 0.4) is 0 Å². The third kappa shape index (κ3) is 2.69. The lowest BCUT2D eigenvalue weighted by Crippen LogP contribution is -2.46. The van der Waals surface area contributed by atoms with Crippen LogP contribution in [0.2, 0.25) is 0 Å². The summed E-state index contributed by atoms with van der Waals surface area (Å²) in [5.74, 6) is 0. The van der Waals surface area contributed by atoms with Crippen LogP contribution in [0.5, 0.6) is 0 Å². The van der Waals surface area contributed by atoms with Crippen molar-refractivity contribution in [2.75, 3.05) is 13.7 Å². The number of hydrogen-bond acceptors (Lipinski definition) is 2. The Morgan fingerprint density at radius 3 is 2.42 bits per heavy atom. The Bertz CT molecular complexity index is 1030. The molecule has 0 radical (unpaired) electrons. The minimum Gasteiger partial charge on any atom is -0.202 e. The van der Waals surface area contributed by atoms with Crippen molar-refractivity contribution in [2.45, 2.75) is 6.92 Å². The monoisotopic (exact) mass is 340 g/mol. The third-order valence-electron chi connectivity index (χ3n) is 4.93. The van der Waals surface area contributed by atoms with Gasteiger partial charge in [0, 0.05) is 23.3 Å². The highest BCUT2D eigenvalue weighted by atomic mass is 15.5. The zero-order valence-corrected chi connectivity index (χ0v) is 14.9. The van der Waals surface area contributed by atoms with Gasteiger partial charge in [-0.25, -0.2) is 4.48 Å². The Kier molecular flexibility index (Phi) is 3.87. The van der Waals surface area contributed by atoms with Crippen LogP contribution in [0.25, 0.3) is 0 Å². The molecule has 3 aromatic carbocycles. The molecule has 1 atom stereocenters. The van der Waals surface area contributed by atoms with E-state index in [0.29, 0.717) is 16.7 Å². The van der Waals surface area contributed by atoms with Gasteiger partial charge in [-0.3, -0.25) is 0 Å². The summed E-state index contributed by atoms with van der Waals surface area (Å²) < 4.78 is 2.66. The quantitative estimate of drug-likeness (QED) is 0.446. The van der Waals surface area contributed by atoms with E-state index in [-0.39, 0.29) is 0 Å². The van der Waals surface area contributed by atoms with Gasteiger partial charge in [-0.05, 0) is 47.5 Å². The molecule has 0 aliphatic carbocycles. The zero-order chi connectivity index (χ0) is 18.1. The average molecular weight is 340 g/mol. The van der Waals surface area contributed by atoms with Crippen molar-refractivity contribution in [2.24, 2.45) is 5.11 Å². The minimum atomic E-state index is 0.639. The first kappa shape index (κ1) is 16.2. The number of para-hydroxylation sites is 1. The predicted octanol–water partition coefficient (Wildman–Crippen LogP) is 5.53. The van der Waals surface area contributed by atoms with Gasteiger partial charge in [-0.1, -0.05) is 24.3 Å². The molecule has 0 amide bonds. The molecule has 0 aromatic heterocycles. The molecule has 1 unspecified atom stereocenters. The normalized spacial score (nSPS) is 18.6. The van der Waals surface area contributed by atoms with E-state index in [1.54, 1.807) is 0 Å². The van der Waals surface area contributed by atoms with Crippen LogP contribution in [0.4, 0.5) is 22.7 Å². The van der Waals surface area contributed by atoms with Gasteiger partial charge in [-0.2, -0.15) is 5.26 Å². The van der Waals surface area contributed by atoms with Crippen molar-refractivity contribution in [3.63, 3.8) is 0 Å². The third-order valence-corrected chi connectivity index (χ3v) is 4.93. The summed E-state index contributed by atoms with van der Waals surface area (Å²) in [5, 5.41) is 13.9. The number of quaternary nitrogens is 1. The van der Waals surface area contributed by atoms with Gasteiger partial charge in [0.05, 0.1) is 18.7 Å². The van der Waals surface area contributed by atoms with Gasteiger partial charge >= 0.3 is 6.67 Å². The second-order valence-electron chi connectivity index (χ2n) is 6.82. The zero-order valence-electron chi connectivity index (χ0n) is 14.9. The van der Waals surface area contributed by atoms with E-state index in [1.165, 1.54) is 16.9 Å². The van der Waals surface area contributed by atoms with Crippen molar-refractivity contribution in [1.29, 1.82) is 5.26 Å². The number of azo groups is 2. The van der Waals surface area contributed by atoms with Crippen LogP contribution in [0.1, 0.15) is 11.1 Å². The molecular weight excluding hydrogens is 320 g/mol. The summed E-state index contributed by atoms with van der Waals surface area (Å²) in [6.07, 6.45) is 0. The largest absolute Gasteiger partial charge is 0.311 e. The lowest BCUT2D eigenvalue weighted by Gasteiger charge is -2.32. The average Bonchev–Trinajstić information content (AvgIpc) is 2.68. The van der Waals surface area contributed by atoms with Crippen molar-refractivity contribution in [3.8, 4) is 6.07 Å². The molecule has 0 bridgehead atoms. The fourth-order valence-electron chi connectivity index (χ4n) is 3.46. The Morgan fingerprint density at radius 1 is 1.00 bits per heavy atom. The highest BCUT2D eigenvalue weighted by Crippen LogP contribution is 2.43. The van der Waals surface area contributed by atoms with Crippen molar-refractivity contribution >= 4 is 22.7 Å². The van der Waals surface area contributed by atoms with Gasteiger partial charge in [0.15, 0.2) is 11.4 Å². The Morgan fingerprint density at radius 2 is 1.73 bits per heavy atom. The van der Waals surface area contributed by atoms with Crippen LogP contribution < -0.4 is 4.48 Å². The Balaban J connectivity index is 1.89. The summed E-state index contributed by atoms with van der Waals surface area (Å²) >= 11 is 0. The molecule has 0 saturated carbocycles. The van der Waals surface area contributed by atoms with Crippen LogP contribution in [0, 0.1) is 18.3 Å². The van der Waals surface area contributed by atoms with Gasteiger partial charge in [0.1, 0.15) is 5.69 Å². The van der Waals surface area contributed by atoms with Crippen molar-refractivity contribution < 1.29 is 4.70 Å². The summed E-state index contributed by atoms with van der Waals surface area (Å²) in [6.45, 7) is 2.77. The van der Waals surface area contributed by atoms with Crippen LogP contribution >= 0.6 is 0 Å². The lowest BCUT2D eigenvalue weighted by molar-refractivity contribution is -0.527. The molecule has 4 nitrogen and oxygen atoms in total. The molecule has 1 aliphatic rings. The molecule has 1 heterocycles. The van der Waals surface area contributed by atoms with Crippen LogP contribution in [-0.4, -0.2) is 18.4 Å². The molecule has 0 saturated heterocycles. The molecule has 0 N–H and O–H groups in total. The number of hydrogen-bond donors (Lipinski definition) is 0. The van der Waals surface area contributed by atoms with E-state index in [2.05, 4.69) is 62.5 Å². The van der Waals surface area contributed by atoms with Gasteiger partial charge < -0.3 is 0 Å². The molecule has 0 spiro atoms. The van der Waals surface area contributed by atoms with E-state index >= 15 is 0 Å². The number of nitriles is 1. The molecule has 1 aliphatic heterocycles. The molecule has 3 aromatic rings. The maximum absolute atomic E-state index is 9.04. The summed E-state index contributed by atoms with van der Waals surface area (Å²) in [5.41, 5.74) is 6.21. The summed E-state index contributed by atoms with van der Waals surface area (Å²) in [4.78, 5) is 0. The molecule has 26 heavy (non-hydrogen) atoms. The number of fused-ring (bicyclic) bond motifs is 1. The molecule has 0 fully saturated rings. The van der Waals surface area contributed by atoms with E-state index in [0.717, 1.165) is 11.4 Å². The first-order valence-electron chi connectivity index (χ1n) is 8.62. The maximum atomic E-state index is 9.04. The van der Waals surface area contributed by atoms with Crippen LogP contribution in [-0.2, 0) is 0 Å². The van der Waals surface area contributed by atoms with Gasteiger partial charge in [0.25, 0.3) is 0 Å². The fraction of sp³-hybridized carbons (Fsp3) is 0.136. The second kappa shape index (κ2) is 6.21. The predicted molar refractivity (Wildman–Crippen MR) is 103 cm³/mol. The van der Waals surface area contributed by atoms with Crippen molar-refractivity contribution in [3.05, 3.63) is 83.9 Å². The molecule has 4 rings (SSSR count). The highest BCUT2D eigenvalue weighted by Gasteiger charge is 2.41. The van der Waals surface area contributed by atoms with E-state index in [4.69, 9.17) is 10.4 Å². The standard InChI is InChI=1S/C22H20N4/c1-17-8-13-22-21(14-17)24-25(19-11-9-18(15-23)10-12-19)16-26(22,2)20-6-4-3-5-7-20/h3-14H,16H2,1-2H3/q+2. The maximum Gasteiger partial charge on any atom is 0.311 e.